The summed E-state index contributed by atoms with van der Waals surface area (Å²) < 4.78 is 0. The molecule has 1 heterocycles. The molecule has 0 radical (unpaired) electrons. The third-order valence-electron chi connectivity index (χ3n) is 3.06. The summed E-state index contributed by atoms with van der Waals surface area (Å²) in [7, 11) is 0. The van der Waals surface area contributed by atoms with Crippen molar-refractivity contribution in [3.8, 4) is 0 Å². The molecule has 0 spiro atoms. The van der Waals surface area contributed by atoms with Crippen molar-refractivity contribution < 1.29 is 0 Å². The maximum Gasteiger partial charge on any atom is 0.0637 e. The van der Waals surface area contributed by atoms with Crippen LogP contribution in [0.3, 0.4) is 0 Å². The van der Waals surface area contributed by atoms with Crippen molar-refractivity contribution in [1.29, 1.82) is 0 Å². The van der Waals surface area contributed by atoms with Gasteiger partial charge in [-0.2, -0.15) is 0 Å². The fourth-order valence-electron chi connectivity index (χ4n) is 2.04. The summed E-state index contributed by atoms with van der Waals surface area (Å²) in [6, 6.07) is 16.1. The number of para-hydroxylation sites is 1. The predicted octanol–water partition coefficient (Wildman–Crippen LogP) is 4.50. The molecule has 0 atom stereocenters. The van der Waals surface area contributed by atoms with Crippen LogP contribution in [0.1, 0.15) is 5.56 Å². The molecule has 2 aromatic carbocycles. The normalized spacial score (nSPS) is 10.6. The number of pyridine rings is 1. The number of halogens is 1. The Morgan fingerprint density at radius 2 is 1.89 bits per heavy atom. The van der Waals surface area contributed by atoms with Crippen LogP contribution in [0.15, 0.2) is 60.9 Å². The number of anilines is 1. The Labute approximate surface area is 117 Å². The average molecular weight is 269 g/mol. The minimum absolute atomic E-state index is 0.743. The number of nitrogens with one attached hydrogen (secondary N) is 1. The summed E-state index contributed by atoms with van der Waals surface area (Å²) in [5, 5.41) is 6.45. The number of fused-ring (bicyclic) bond motifs is 1. The molecular weight excluding hydrogens is 256 g/mol. The van der Waals surface area contributed by atoms with Gasteiger partial charge in [0.15, 0.2) is 0 Å². The van der Waals surface area contributed by atoms with E-state index < -0.39 is 0 Å². The molecule has 0 fully saturated rings. The minimum Gasteiger partial charge on any atom is -0.380 e. The van der Waals surface area contributed by atoms with E-state index in [1.807, 2.05) is 42.7 Å². The van der Waals surface area contributed by atoms with E-state index in [0.717, 1.165) is 22.6 Å². The molecular formula is C16H13ClN2. The van der Waals surface area contributed by atoms with Gasteiger partial charge in [-0.1, -0.05) is 35.9 Å². The van der Waals surface area contributed by atoms with E-state index in [4.69, 9.17) is 11.6 Å². The van der Waals surface area contributed by atoms with Crippen LogP contribution < -0.4 is 5.32 Å². The van der Waals surface area contributed by atoms with Gasteiger partial charge in [0.05, 0.1) is 10.7 Å². The first kappa shape index (κ1) is 12.0. The molecule has 0 aliphatic carbocycles. The topological polar surface area (TPSA) is 24.9 Å². The largest absolute Gasteiger partial charge is 0.380 e. The van der Waals surface area contributed by atoms with Gasteiger partial charge in [-0.15, -0.1) is 0 Å². The second-order valence-electron chi connectivity index (χ2n) is 4.39. The molecule has 0 saturated carbocycles. The van der Waals surface area contributed by atoms with E-state index >= 15 is 0 Å². The van der Waals surface area contributed by atoms with Gasteiger partial charge in [-0.3, -0.25) is 4.98 Å². The molecule has 2 nitrogen and oxygen atoms in total. The SMILES string of the molecule is Clc1ccccc1NCc1ccc2cnccc2c1. The lowest BCUT2D eigenvalue weighted by Gasteiger charge is -2.09. The van der Waals surface area contributed by atoms with Gasteiger partial charge in [0.25, 0.3) is 0 Å². The van der Waals surface area contributed by atoms with Crippen LogP contribution in [0.2, 0.25) is 5.02 Å². The van der Waals surface area contributed by atoms with Gasteiger partial charge in [0, 0.05) is 24.3 Å². The van der Waals surface area contributed by atoms with Gasteiger partial charge >= 0.3 is 0 Å². The van der Waals surface area contributed by atoms with Crippen molar-refractivity contribution in [3.05, 3.63) is 71.5 Å². The molecule has 0 unspecified atom stereocenters. The lowest BCUT2D eigenvalue weighted by atomic mass is 10.1. The van der Waals surface area contributed by atoms with Gasteiger partial charge in [0.2, 0.25) is 0 Å². The van der Waals surface area contributed by atoms with Crippen LogP contribution >= 0.6 is 11.6 Å². The van der Waals surface area contributed by atoms with Crippen molar-refractivity contribution in [2.24, 2.45) is 0 Å². The fraction of sp³-hybridized carbons (Fsp3) is 0.0625. The molecule has 0 amide bonds. The van der Waals surface area contributed by atoms with Crippen LogP contribution in [0.4, 0.5) is 5.69 Å². The van der Waals surface area contributed by atoms with Crippen LogP contribution in [-0.4, -0.2) is 4.98 Å². The zero-order valence-electron chi connectivity index (χ0n) is 10.3. The molecule has 3 aromatic rings. The summed E-state index contributed by atoms with van der Waals surface area (Å²) in [4.78, 5) is 4.11. The Morgan fingerprint density at radius 1 is 1.00 bits per heavy atom. The first-order valence-corrected chi connectivity index (χ1v) is 6.52. The fourth-order valence-corrected chi connectivity index (χ4v) is 2.25. The number of benzene rings is 2. The second-order valence-corrected chi connectivity index (χ2v) is 4.80. The maximum atomic E-state index is 6.11. The van der Waals surface area contributed by atoms with Crippen LogP contribution in [0.5, 0.6) is 0 Å². The molecule has 1 N–H and O–H groups in total. The average Bonchev–Trinajstić information content (AvgIpc) is 2.46. The number of nitrogens with zero attached hydrogens (tertiary/aromatic N) is 1. The van der Waals surface area contributed by atoms with E-state index in [2.05, 4.69) is 28.5 Å². The minimum atomic E-state index is 0.743. The smallest absolute Gasteiger partial charge is 0.0637 e. The Kier molecular flexibility index (Phi) is 3.34. The lowest BCUT2D eigenvalue weighted by molar-refractivity contribution is 1.15. The summed E-state index contributed by atoms with van der Waals surface area (Å²) in [5.41, 5.74) is 2.18. The van der Waals surface area contributed by atoms with E-state index in [9.17, 15) is 0 Å². The van der Waals surface area contributed by atoms with Gasteiger partial charge in [-0.05, 0) is 35.2 Å². The van der Waals surface area contributed by atoms with Gasteiger partial charge in [-0.25, -0.2) is 0 Å². The number of hydrogen-bond donors (Lipinski definition) is 1. The van der Waals surface area contributed by atoms with Crippen LogP contribution in [-0.2, 0) is 6.54 Å². The molecule has 3 rings (SSSR count). The zero-order chi connectivity index (χ0) is 13.1. The molecule has 0 aliphatic heterocycles. The highest BCUT2D eigenvalue weighted by Gasteiger charge is 1.99. The summed E-state index contributed by atoms with van der Waals surface area (Å²) in [6.07, 6.45) is 3.69. The Bertz CT molecular complexity index is 710. The van der Waals surface area contributed by atoms with Gasteiger partial charge in [0.1, 0.15) is 0 Å². The molecule has 3 heteroatoms. The highest BCUT2D eigenvalue weighted by atomic mass is 35.5. The first-order chi connectivity index (χ1) is 9.33. The standard InChI is InChI=1S/C16H13ClN2/c17-15-3-1-2-4-16(15)19-10-12-5-6-14-11-18-8-7-13(14)9-12/h1-9,11,19H,10H2. The van der Waals surface area contributed by atoms with Crippen molar-refractivity contribution in [2.75, 3.05) is 5.32 Å². The molecule has 94 valence electrons. The lowest BCUT2D eigenvalue weighted by Crippen LogP contribution is -1.99. The Morgan fingerprint density at radius 3 is 2.79 bits per heavy atom. The summed E-state index contributed by atoms with van der Waals surface area (Å²) >= 11 is 6.11. The molecule has 0 aliphatic rings. The van der Waals surface area contributed by atoms with Crippen molar-refractivity contribution in [3.63, 3.8) is 0 Å². The highest BCUT2D eigenvalue weighted by molar-refractivity contribution is 6.33. The van der Waals surface area contributed by atoms with Crippen molar-refractivity contribution in [2.45, 2.75) is 6.54 Å². The van der Waals surface area contributed by atoms with E-state index in [1.165, 1.54) is 10.9 Å². The third kappa shape index (κ3) is 2.69. The van der Waals surface area contributed by atoms with Crippen LogP contribution in [0.25, 0.3) is 10.8 Å². The molecule has 1 aromatic heterocycles. The zero-order valence-corrected chi connectivity index (χ0v) is 11.1. The number of rotatable bonds is 3. The molecule has 19 heavy (non-hydrogen) atoms. The maximum absolute atomic E-state index is 6.11. The molecule has 0 bridgehead atoms. The van der Waals surface area contributed by atoms with E-state index in [1.54, 1.807) is 0 Å². The summed E-state index contributed by atoms with van der Waals surface area (Å²) in [5.74, 6) is 0. The second kappa shape index (κ2) is 5.29. The van der Waals surface area contributed by atoms with Gasteiger partial charge < -0.3 is 5.32 Å². The van der Waals surface area contributed by atoms with E-state index in [-0.39, 0.29) is 0 Å². The quantitative estimate of drug-likeness (QED) is 0.756. The Balaban J connectivity index is 1.80. The highest BCUT2D eigenvalue weighted by Crippen LogP contribution is 2.22. The molecule has 0 saturated heterocycles. The monoisotopic (exact) mass is 268 g/mol. The number of aromatic nitrogens is 1. The van der Waals surface area contributed by atoms with Crippen molar-refractivity contribution >= 4 is 28.1 Å². The predicted molar refractivity (Wildman–Crippen MR) is 80.5 cm³/mol. The van der Waals surface area contributed by atoms with E-state index in [0.29, 0.717) is 0 Å². The first-order valence-electron chi connectivity index (χ1n) is 6.14. The van der Waals surface area contributed by atoms with Crippen LogP contribution in [0, 0.1) is 0 Å². The number of hydrogen-bond acceptors (Lipinski definition) is 2. The third-order valence-corrected chi connectivity index (χ3v) is 3.39. The Hall–Kier alpha value is -2.06. The van der Waals surface area contributed by atoms with Crippen molar-refractivity contribution in [1.82, 2.24) is 4.98 Å². The summed E-state index contributed by atoms with van der Waals surface area (Å²) in [6.45, 7) is 0.752.